The summed E-state index contributed by atoms with van der Waals surface area (Å²) in [4.78, 5) is 11.4. The summed E-state index contributed by atoms with van der Waals surface area (Å²) in [5.74, 6) is -0.799. The molecule has 0 radical (unpaired) electrons. The molecule has 1 rings (SSSR count). The largest absolute Gasteiger partial charge is 0.481 e. The first-order valence-corrected chi connectivity index (χ1v) is 8.13. The van der Waals surface area contributed by atoms with Crippen LogP contribution in [-0.2, 0) is 14.8 Å². The van der Waals surface area contributed by atoms with Crippen LogP contribution in [0.3, 0.4) is 0 Å². The lowest BCUT2D eigenvalue weighted by Gasteiger charge is -2.33. The fraction of sp³-hybridized carbons (Fsp3) is 0.917. The molecule has 0 aromatic rings. The SMILES string of the molecule is CC(C)CS(=O)(=O)NCC1(C(=O)O)CCCCC1. The number of rotatable bonds is 6. The molecule has 0 atom stereocenters. The smallest absolute Gasteiger partial charge is 0.310 e. The Balaban J connectivity index is 2.66. The third kappa shape index (κ3) is 4.24. The second kappa shape index (κ2) is 6.02. The van der Waals surface area contributed by atoms with Gasteiger partial charge in [0, 0.05) is 6.54 Å². The molecule has 0 spiro atoms. The molecular formula is C12H23NO4S. The highest BCUT2D eigenvalue weighted by Crippen LogP contribution is 2.36. The Morgan fingerprint density at radius 3 is 2.28 bits per heavy atom. The van der Waals surface area contributed by atoms with E-state index in [9.17, 15) is 18.3 Å². The van der Waals surface area contributed by atoms with Gasteiger partial charge in [0.15, 0.2) is 0 Å². The van der Waals surface area contributed by atoms with Gasteiger partial charge in [-0.1, -0.05) is 33.1 Å². The van der Waals surface area contributed by atoms with Crippen molar-refractivity contribution in [1.29, 1.82) is 0 Å². The summed E-state index contributed by atoms with van der Waals surface area (Å²) < 4.78 is 26.0. The molecule has 0 aliphatic heterocycles. The van der Waals surface area contributed by atoms with Crippen LogP contribution in [0.4, 0.5) is 0 Å². The Morgan fingerprint density at radius 2 is 1.83 bits per heavy atom. The summed E-state index contributed by atoms with van der Waals surface area (Å²) in [5.41, 5.74) is -0.900. The Hall–Kier alpha value is -0.620. The molecule has 1 saturated carbocycles. The van der Waals surface area contributed by atoms with E-state index in [4.69, 9.17) is 0 Å². The second-order valence-electron chi connectivity index (χ2n) is 5.64. The molecule has 6 heteroatoms. The third-order valence-corrected chi connectivity index (χ3v) is 5.14. The summed E-state index contributed by atoms with van der Waals surface area (Å²) in [5, 5.41) is 9.33. The van der Waals surface area contributed by atoms with Gasteiger partial charge in [-0.2, -0.15) is 0 Å². The minimum atomic E-state index is -3.37. The molecule has 0 saturated heterocycles. The number of aliphatic carboxylic acids is 1. The van der Waals surface area contributed by atoms with E-state index < -0.39 is 21.4 Å². The minimum Gasteiger partial charge on any atom is -0.481 e. The standard InChI is InChI=1S/C12H23NO4S/c1-10(2)8-18(16,17)13-9-12(11(14)15)6-4-3-5-7-12/h10,13H,3-9H2,1-2H3,(H,14,15). The van der Waals surface area contributed by atoms with E-state index in [1.807, 2.05) is 13.8 Å². The fourth-order valence-corrected chi connectivity index (χ4v) is 3.93. The van der Waals surface area contributed by atoms with Crippen LogP contribution in [0.2, 0.25) is 0 Å². The lowest BCUT2D eigenvalue weighted by atomic mass is 9.74. The molecule has 0 aromatic carbocycles. The molecule has 0 bridgehead atoms. The van der Waals surface area contributed by atoms with Gasteiger partial charge >= 0.3 is 5.97 Å². The van der Waals surface area contributed by atoms with Crippen molar-refractivity contribution in [1.82, 2.24) is 4.72 Å². The first-order chi connectivity index (χ1) is 8.27. The number of carbonyl (C=O) groups is 1. The first-order valence-electron chi connectivity index (χ1n) is 6.48. The van der Waals surface area contributed by atoms with Gasteiger partial charge in [-0.05, 0) is 18.8 Å². The molecule has 0 amide bonds. The van der Waals surface area contributed by atoms with E-state index in [-0.39, 0.29) is 18.2 Å². The number of carboxylic acids is 1. The topological polar surface area (TPSA) is 83.5 Å². The first kappa shape index (κ1) is 15.4. The van der Waals surface area contributed by atoms with Crippen LogP contribution in [0.25, 0.3) is 0 Å². The summed E-state index contributed by atoms with van der Waals surface area (Å²) in [7, 11) is -3.37. The van der Waals surface area contributed by atoms with Crippen molar-refractivity contribution in [2.75, 3.05) is 12.3 Å². The van der Waals surface area contributed by atoms with Gasteiger partial charge < -0.3 is 5.11 Å². The van der Waals surface area contributed by atoms with E-state index >= 15 is 0 Å². The molecule has 1 aliphatic carbocycles. The maximum Gasteiger partial charge on any atom is 0.310 e. The summed E-state index contributed by atoms with van der Waals surface area (Å²) in [6.45, 7) is 3.68. The molecule has 106 valence electrons. The number of carboxylic acid groups (broad SMARTS) is 1. The molecule has 1 fully saturated rings. The van der Waals surface area contributed by atoms with Crippen molar-refractivity contribution in [3.63, 3.8) is 0 Å². The van der Waals surface area contributed by atoms with Gasteiger partial charge in [0.1, 0.15) is 0 Å². The number of hydrogen-bond donors (Lipinski definition) is 2. The van der Waals surface area contributed by atoms with E-state index in [1.54, 1.807) is 0 Å². The Labute approximate surface area is 109 Å². The molecule has 18 heavy (non-hydrogen) atoms. The van der Waals surface area contributed by atoms with Gasteiger partial charge in [-0.25, -0.2) is 13.1 Å². The van der Waals surface area contributed by atoms with Gasteiger partial charge in [0.2, 0.25) is 10.0 Å². The number of hydrogen-bond acceptors (Lipinski definition) is 3. The minimum absolute atomic E-state index is 0.0252. The normalized spacial score (nSPS) is 19.9. The summed E-state index contributed by atoms with van der Waals surface area (Å²) in [6, 6.07) is 0. The average molecular weight is 277 g/mol. The van der Waals surface area contributed by atoms with Crippen molar-refractivity contribution in [2.45, 2.75) is 46.0 Å². The van der Waals surface area contributed by atoms with Crippen molar-refractivity contribution in [3.05, 3.63) is 0 Å². The van der Waals surface area contributed by atoms with Crippen LogP contribution in [-0.4, -0.2) is 31.8 Å². The molecule has 1 aliphatic rings. The van der Waals surface area contributed by atoms with Crippen LogP contribution >= 0.6 is 0 Å². The van der Waals surface area contributed by atoms with Crippen molar-refractivity contribution in [3.8, 4) is 0 Å². The highest BCUT2D eigenvalue weighted by molar-refractivity contribution is 7.89. The van der Waals surface area contributed by atoms with E-state index in [0.717, 1.165) is 19.3 Å². The highest BCUT2D eigenvalue weighted by atomic mass is 32.2. The van der Waals surface area contributed by atoms with Crippen molar-refractivity contribution >= 4 is 16.0 Å². The zero-order valence-corrected chi connectivity index (χ0v) is 11.9. The Morgan fingerprint density at radius 1 is 1.28 bits per heavy atom. The molecule has 5 nitrogen and oxygen atoms in total. The van der Waals surface area contributed by atoms with Crippen molar-refractivity contribution < 1.29 is 18.3 Å². The van der Waals surface area contributed by atoms with Crippen LogP contribution < -0.4 is 4.72 Å². The monoisotopic (exact) mass is 277 g/mol. The molecule has 0 unspecified atom stereocenters. The summed E-state index contributed by atoms with van der Waals surface area (Å²) >= 11 is 0. The van der Waals surface area contributed by atoms with Gasteiger partial charge in [-0.15, -0.1) is 0 Å². The number of sulfonamides is 1. The molecule has 2 N–H and O–H groups in total. The maximum absolute atomic E-state index is 11.7. The summed E-state index contributed by atoms with van der Waals surface area (Å²) in [6.07, 6.45) is 3.88. The fourth-order valence-electron chi connectivity index (χ4n) is 2.44. The maximum atomic E-state index is 11.7. The van der Waals surface area contributed by atoms with E-state index in [1.165, 1.54) is 0 Å². The second-order valence-corrected chi connectivity index (χ2v) is 7.49. The predicted molar refractivity (Wildman–Crippen MR) is 69.8 cm³/mol. The number of nitrogens with one attached hydrogen (secondary N) is 1. The lowest BCUT2D eigenvalue weighted by molar-refractivity contribution is -0.150. The molecular weight excluding hydrogens is 254 g/mol. The van der Waals surface area contributed by atoms with Gasteiger partial charge in [0.25, 0.3) is 0 Å². The van der Waals surface area contributed by atoms with Gasteiger partial charge in [0.05, 0.1) is 11.2 Å². The van der Waals surface area contributed by atoms with E-state index in [0.29, 0.717) is 12.8 Å². The molecule has 0 heterocycles. The average Bonchev–Trinajstić information content (AvgIpc) is 2.26. The lowest BCUT2D eigenvalue weighted by Crippen LogP contribution is -2.45. The van der Waals surface area contributed by atoms with Gasteiger partial charge in [-0.3, -0.25) is 4.79 Å². The van der Waals surface area contributed by atoms with Crippen LogP contribution in [0.1, 0.15) is 46.0 Å². The Bertz CT molecular complexity index is 383. The Kier molecular flexibility index (Phi) is 5.16. The predicted octanol–water partition coefficient (Wildman–Crippen LogP) is 1.60. The highest BCUT2D eigenvalue weighted by Gasteiger charge is 2.40. The third-order valence-electron chi connectivity index (χ3n) is 3.45. The zero-order chi connectivity index (χ0) is 13.8. The van der Waals surface area contributed by atoms with Crippen LogP contribution in [0.5, 0.6) is 0 Å². The quantitative estimate of drug-likeness (QED) is 0.772. The van der Waals surface area contributed by atoms with Crippen molar-refractivity contribution in [2.24, 2.45) is 11.3 Å². The van der Waals surface area contributed by atoms with E-state index in [2.05, 4.69) is 4.72 Å². The zero-order valence-electron chi connectivity index (χ0n) is 11.1. The molecule has 0 aromatic heterocycles. The van der Waals surface area contributed by atoms with Crippen LogP contribution in [0.15, 0.2) is 0 Å². The van der Waals surface area contributed by atoms with Crippen LogP contribution in [0, 0.1) is 11.3 Å².